The molecule has 0 bridgehead atoms. The van der Waals surface area contributed by atoms with E-state index >= 15 is 0 Å². The molecular weight excluding hydrogens is 222 g/mol. The van der Waals surface area contributed by atoms with Gasteiger partial charge in [0.1, 0.15) is 18.0 Å². The molecule has 1 unspecified atom stereocenters. The summed E-state index contributed by atoms with van der Waals surface area (Å²) in [7, 11) is 0. The third-order valence-corrected chi connectivity index (χ3v) is 2.26. The fraction of sp³-hybridized carbons (Fsp3) is 0.444. The Morgan fingerprint density at radius 2 is 2.35 bits per heavy atom. The van der Waals surface area contributed by atoms with Gasteiger partial charge in [-0.3, -0.25) is 15.0 Å². The van der Waals surface area contributed by atoms with E-state index in [-0.39, 0.29) is 17.8 Å². The highest BCUT2D eigenvalue weighted by molar-refractivity contribution is 5.90. The van der Waals surface area contributed by atoms with Gasteiger partial charge in [-0.15, -0.1) is 5.10 Å². The summed E-state index contributed by atoms with van der Waals surface area (Å²) in [4.78, 5) is 19.8. The Hall–Kier alpha value is -2.25. The van der Waals surface area contributed by atoms with Crippen molar-refractivity contribution in [2.75, 3.05) is 0 Å². The molecule has 0 saturated heterocycles. The van der Waals surface area contributed by atoms with E-state index in [1.54, 1.807) is 6.92 Å². The van der Waals surface area contributed by atoms with Crippen molar-refractivity contribution < 1.29 is 4.79 Å². The van der Waals surface area contributed by atoms with Gasteiger partial charge in [-0.05, 0) is 6.92 Å². The third kappa shape index (κ3) is 2.47. The zero-order valence-electron chi connectivity index (χ0n) is 9.56. The van der Waals surface area contributed by atoms with Crippen LogP contribution in [0.25, 0.3) is 0 Å². The zero-order valence-corrected chi connectivity index (χ0v) is 9.56. The summed E-state index contributed by atoms with van der Waals surface area (Å²) in [6.07, 6.45) is 2.10. The second-order valence-corrected chi connectivity index (χ2v) is 3.53. The van der Waals surface area contributed by atoms with Crippen LogP contribution >= 0.6 is 0 Å². The number of amides is 1. The second-order valence-electron chi connectivity index (χ2n) is 3.53. The van der Waals surface area contributed by atoms with Crippen molar-refractivity contribution in [1.29, 1.82) is 0 Å². The maximum Gasteiger partial charge on any atom is 0.291 e. The number of rotatable bonds is 4. The molecule has 1 amide bonds. The van der Waals surface area contributed by atoms with Crippen molar-refractivity contribution in [1.82, 2.24) is 35.7 Å². The maximum absolute atomic E-state index is 11.8. The highest BCUT2D eigenvalue weighted by Gasteiger charge is 2.16. The highest BCUT2D eigenvalue weighted by atomic mass is 16.2. The normalized spacial score (nSPS) is 12.4. The summed E-state index contributed by atoms with van der Waals surface area (Å²) in [6, 6.07) is -0.270. The summed E-state index contributed by atoms with van der Waals surface area (Å²) in [5.41, 5.74) is 0. The first-order chi connectivity index (χ1) is 8.20. The number of aryl methyl sites for hydroxylation is 1. The van der Waals surface area contributed by atoms with Gasteiger partial charge in [0.25, 0.3) is 5.91 Å². The van der Waals surface area contributed by atoms with Crippen LogP contribution in [0.2, 0.25) is 0 Å². The minimum absolute atomic E-state index is 0.133. The van der Waals surface area contributed by atoms with Crippen molar-refractivity contribution in [3.8, 4) is 0 Å². The molecule has 3 N–H and O–H groups in total. The molecule has 8 heteroatoms. The van der Waals surface area contributed by atoms with Crippen molar-refractivity contribution in [3.63, 3.8) is 0 Å². The summed E-state index contributed by atoms with van der Waals surface area (Å²) in [5, 5.41) is 15.6. The molecule has 0 fully saturated rings. The fourth-order valence-electron chi connectivity index (χ4n) is 1.31. The predicted molar refractivity (Wildman–Crippen MR) is 58.0 cm³/mol. The van der Waals surface area contributed by atoms with Crippen LogP contribution < -0.4 is 5.32 Å². The predicted octanol–water partition coefficient (Wildman–Crippen LogP) is -0.0238. The number of hydrogen-bond acceptors (Lipinski definition) is 5. The smallest absolute Gasteiger partial charge is 0.291 e. The van der Waals surface area contributed by atoms with Crippen molar-refractivity contribution in [3.05, 3.63) is 23.8 Å². The quantitative estimate of drug-likeness (QED) is 0.689. The van der Waals surface area contributed by atoms with Crippen molar-refractivity contribution >= 4 is 5.91 Å². The Balaban J connectivity index is 2.01. The van der Waals surface area contributed by atoms with Crippen LogP contribution in [0.1, 0.15) is 42.2 Å². The van der Waals surface area contributed by atoms with Gasteiger partial charge in [-0.1, -0.05) is 6.92 Å². The van der Waals surface area contributed by atoms with Gasteiger partial charge in [-0.25, -0.2) is 9.97 Å². The summed E-state index contributed by atoms with van der Waals surface area (Å²) in [5.74, 6) is 1.06. The van der Waals surface area contributed by atoms with Gasteiger partial charge in [0.05, 0.1) is 6.04 Å². The second kappa shape index (κ2) is 4.73. The van der Waals surface area contributed by atoms with E-state index in [9.17, 15) is 4.79 Å². The molecule has 0 aliphatic heterocycles. The Morgan fingerprint density at radius 1 is 1.53 bits per heavy atom. The van der Waals surface area contributed by atoms with E-state index < -0.39 is 0 Å². The minimum Gasteiger partial charge on any atom is -0.340 e. The molecule has 2 heterocycles. The molecule has 8 nitrogen and oxygen atoms in total. The van der Waals surface area contributed by atoms with E-state index in [2.05, 4.69) is 35.7 Å². The molecule has 90 valence electrons. The molecular formula is C9H13N7O. The number of carbonyl (C=O) groups is 1. The highest BCUT2D eigenvalue weighted by Crippen LogP contribution is 2.05. The molecule has 1 atom stereocenters. The molecule has 17 heavy (non-hydrogen) atoms. The van der Waals surface area contributed by atoms with Gasteiger partial charge < -0.3 is 5.32 Å². The average molecular weight is 235 g/mol. The lowest BCUT2D eigenvalue weighted by molar-refractivity contribution is 0.0928. The minimum atomic E-state index is -0.343. The van der Waals surface area contributed by atoms with Crippen LogP contribution in [-0.4, -0.2) is 36.3 Å². The molecule has 2 aromatic rings. The van der Waals surface area contributed by atoms with E-state index in [1.165, 1.54) is 6.33 Å². The van der Waals surface area contributed by atoms with Gasteiger partial charge in [-0.2, -0.15) is 5.10 Å². The summed E-state index contributed by atoms with van der Waals surface area (Å²) < 4.78 is 0. The van der Waals surface area contributed by atoms with Crippen LogP contribution in [-0.2, 0) is 6.42 Å². The van der Waals surface area contributed by atoms with Crippen LogP contribution in [0, 0.1) is 0 Å². The number of hydrogen-bond donors (Lipinski definition) is 3. The topological polar surface area (TPSA) is 112 Å². The van der Waals surface area contributed by atoms with Crippen molar-refractivity contribution in [2.24, 2.45) is 0 Å². The first kappa shape index (κ1) is 11.2. The largest absolute Gasteiger partial charge is 0.340 e. The number of H-pyrrole nitrogens is 2. The van der Waals surface area contributed by atoms with Crippen molar-refractivity contribution in [2.45, 2.75) is 26.3 Å². The lowest BCUT2D eigenvalue weighted by Crippen LogP contribution is -2.28. The lowest BCUT2D eigenvalue weighted by atomic mass is 10.3. The molecule has 2 aromatic heterocycles. The number of aromatic nitrogens is 6. The Kier molecular flexibility index (Phi) is 3.12. The third-order valence-electron chi connectivity index (χ3n) is 2.26. The fourth-order valence-corrected chi connectivity index (χ4v) is 1.31. The molecule has 0 aliphatic carbocycles. The van der Waals surface area contributed by atoms with Crippen LogP contribution in [0.3, 0.4) is 0 Å². The van der Waals surface area contributed by atoms with E-state index in [0.717, 1.165) is 0 Å². The van der Waals surface area contributed by atoms with Crippen LogP contribution in [0.5, 0.6) is 0 Å². The molecule has 0 radical (unpaired) electrons. The number of nitrogens with zero attached hydrogens (tertiary/aromatic N) is 4. The number of carbonyl (C=O) groups excluding carboxylic acids is 1. The van der Waals surface area contributed by atoms with Gasteiger partial charge in [0, 0.05) is 6.42 Å². The first-order valence-corrected chi connectivity index (χ1v) is 5.28. The van der Waals surface area contributed by atoms with Gasteiger partial charge in [0.2, 0.25) is 5.82 Å². The number of nitrogens with one attached hydrogen (secondary N) is 3. The van der Waals surface area contributed by atoms with E-state index in [0.29, 0.717) is 18.1 Å². The molecule has 2 rings (SSSR count). The Bertz CT molecular complexity index is 489. The standard InChI is InChI=1S/C9H13N7O/c1-3-6-13-8(16-14-6)9(17)12-5(2)7-10-4-11-15-7/h4-5H,3H2,1-2H3,(H,12,17)(H,10,11,15)(H,13,14,16). The van der Waals surface area contributed by atoms with Gasteiger partial charge in [0.15, 0.2) is 0 Å². The first-order valence-electron chi connectivity index (χ1n) is 5.28. The maximum atomic E-state index is 11.8. The summed E-state index contributed by atoms with van der Waals surface area (Å²) >= 11 is 0. The lowest BCUT2D eigenvalue weighted by Gasteiger charge is -2.08. The zero-order chi connectivity index (χ0) is 12.3. The Morgan fingerprint density at radius 3 is 2.94 bits per heavy atom. The van der Waals surface area contributed by atoms with E-state index in [1.807, 2.05) is 6.92 Å². The molecule has 0 spiro atoms. The molecule has 0 saturated carbocycles. The Labute approximate surface area is 97.3 Å². The monoisotopic (exact) mass is 235 g/mol. The molecule has 0 aliphatic rings. The van der Waals surface area contributed by atoms with Gasteiger partial charge >= 0.3 is 0 Å². The average Bonchev–Trinajstić information content (AvgIpc) is 3.00. The van der Waals surface area contributed by atoms with Crippen LogP contribution in [0.4, 0.5) is 0 Å². The SMILES string of the molecule is CCc1nc(C(=O)NC(C)c2ncn[nH]2)n[nH]1. The number of aromatic amines is 2. The van der Waals surface area contributed by atoms with E-state index in [4.69, 9.17) is 0 Å². The summed E-state index contributed by atoms with van der Waals surface area (Å²) in [6.45, 7) is 3.73. The van der Waals surface area contributed by atoms with Crippen LogP contribution in [0.15, 0.2) is 6.33 Å². The molecule has 0 aromatic carbocycles.